The molecule has 33 heavy (non-hydrogen) atoms. The lowest BCUT2D eigenvalue weighted by molar-refractivity contribution is -0.140. The summed E-state index contributed by atoms with van der Waals surface area (Å²) in [5.74, 6) is 0.0280. The number of aryl methyl sites for hydroxylation is 1. The van der Waals surface area contributed by atoms with Crippen LogP contribution in [0.2, 0.25) is 0 Å². The molecule has 4 rings (SSSR count). The number of hydrogen-bond donors (Lipinski definition) is 0. The maximum atomic E-state index is 13.2. The molecule has 0 bridgehead atoms. The van der Waals surface area contributed by atoms with Crippen molar-refractivity contribution >= 4 is 21.7 Å². The molecule has 1 amide bonds. The Labute approximate surface area is 194 Å². The maximum Gasteiger partial charge on any atom is 0.340 e. The summed E-state index contributed by atoms with van der Waals surface area (Å²) >= 11 is 0. The van der Waals surface area contributed by atoms with Crippen LogP contribution in [-0.4, -0.2) is 60.0 Å². The number of aromatic nitrogens is 1. The molecule has 1 saturated heterocycles. The van der Waals surface area contributed by atoms with Gasteiger partial charge in [0.1, 0.15) is 5.76 Å². The van der Waals surface area contributed by atoms with E-state index in [4.69, 9.17) is 9.15 Å². The Bertz CT molecular complexity index is 1100. The first-order chi connectivity index (χ1) is 15.7. The van der Waals surface area contributed by atoms with Crippen molar-refractivity contribution in [1.29, 1.82) is 0 Å². The van der Waals surface area contributed by atoms with E-state index < -0.39 is 15.8 Å². The van der Waals surface area contributed by atoms with Crippen molar-refractivity contribution in [3.05, 3.63) is 47.2 Å². The van der Waals surface area contributed by atoms with Crippen molar-refractivity contribution in [2.24, 2.45) is 0 Å². The zero-order valence-corrected chi connectivity index (χ0v) is 20.1. The monoisotopic (exact) mass is 476 g/mol. The largest absolute Gasteiger partial charge is 0.467 e. The first-order valence-corrected chi connectivity index (χ1v) is 13.4. The van der Waals surface area contributed by atoms with Gasteiger partial charge in [0.15, 0.2) is 16.4 Å². The molecule has 2 fully saturated rings. The average molecular weight is 477 g/mol. The molecular weight excluding hydrogens is 444 g/mol. The summed E-state index contributed by atoms with van der Waals surface area (Å²) in [6.45, 7) is 3.87. The van der Waals surface area contributed by atoms with Gasteiger partial charge in [-0.25, -0.2) is 13.2 Å². The van der Waals surface area contributed by atoms with Crippen molar-refractivity contribution in [3.8, 4) is 0 Å². The van der Waals surface area contributed by atoms with Gasteiger partial charge in [0, 0.05) is 23.5 Å². The fourth-order valence-corrected chi connectivity index (χ4v) is 6.86. The Hall–Kier alpha value is -2.55. The molecule has 1 aliphatic heterocycles. The Balaban J connectivity index is 1.44. The summed E-state index contributed by atoms with van der Waals surface area (Å²) in [5, 5.41) is 0. The highest BCUT2D eigenvalue weighted by Crippen LogP contribution is 2.28. The number of amides is 1. The molecule has 2 aromatic rings. The zero-order chi connectivity index (χ0) is 23.6. The molecule has 2 aromatic heterocycles. The number of nitrogens with zero attached hydrogens (tertiary/aromatic N) is 2. The summed E-state index contributed by atoms with van der Waals surface area (Å²) < 4.78 is 36.9. The van der Waals surface area contributed by atoms with Crippen LogP contribution < -0.4 is 0 Å². The van der Waals surface area contributed by atoms with Crippen LogP contribution in [0.1, 0.15) is 66.0 Å². The van der Waals surface area contributed by atoms with Crippen molar-refractivity contribution in [2.45, 2.75) is 71.0 Å². The normalized spacial score (nSPS) is 20.6. The van der Waals surface area contributed by atoms with E-state index >= 15 is 0 Å². The van der Waals surface area contributed by atoms with E-state index in [0.29, 0.717) is 18.5 Å². The van der Waals surface area contributed by atoms with E-state index in [9.17, 15) is 18.0 Å². The van der Waals surface area contributed by atoms with Crippen molar-refractivity contribution in [3.63, 3.8) is 0 Å². The third-order valence-corrected chi connectivity index (χ3v) is 8.62. The number of rotatable bonds is 7. The fraction of sp³-hybridized carbons (Fsp3) is 0.583. The molecule has 8 nitrogen and oxygen atoms in total. The van der Waals surface area contributed by atoms with Crippen LogP contribution in [0.5, 0.6) is 0 Å². The summed E-state index contributed by atoms with van der Waals surface area (Å²) in [7, 11) is -3.13. The van der Waals surface area contributed by atoms with Gasteiger partial charge in [-0.3, -0.25) is 4.79 Å². The Morgan fingerprint density at radius 3 is 2.55 bits per heavy atom. The topological polar surface area (TPSA) is 98.8 Å². The third kappa shape index (κ3) is 5.34. The van der Waals surface area contributed by atoms with Gasteiger partial charge in [-0.15, -0.1) is 0 Å². The van der Waals surface area contributed by atoms with Gasteiger partial charge in [0.2, 0.25) is 0 Å². The lowest BCUT2D eigenvalue weighted by Crippen LogP contribution is -2.50. The predicted molar refractivity (Wildman–Crippen MR) is 123 cm³/mol. The minimum absolute atomic E-state index is 0.00286. The van der Waals surface area contributed by atoms with Crippen molar-refractivity contribution in [1.82, 2.24) is 9.47 Å². The molecule has 1 saturated carbocycles. The second kappa shape index (κ2) is 9.75. The molecule has 1 aliphatic carbocycles. The highest BCUT2D eigenvalue weighted by molar-refractivity contribution is 7.91. The maximum absolute atomic E-state index is 13.2. The van der Waals surface area contributed by atoms with Crippen LogP contribution in [0.25, 0.3) is 0 Å². The molecule has 0 spiro atoms. The minimum Gasteiger partial charge on any atom is -0.467 e. The summed E-state index contributed by atoms with van der Waals surface area (Å²) in [6, 6.07) is 5.13. The van der Waals surface area contributed by atoms with Gasteiger partial charge >= 0.3 is 5.97 Å². The summed E-state index contributed by atoms with van der Waals surface area (Å²) in [4.78, 5) is 27.7. The lowest BCUT2D eigenvalue weighted by Gasteiger charge is -2.38. The molecule has 0 unspecified atom stereocenters. The van der Waals surface area contributed by atoms with E-state index in [0.717, 1.165) is 49.3 Å². The van der Waals surface area contributed by atoms with Gasteiger partial charge < -0.3 is 18.6 Å². The van der Waals surface area contributed by atoms with Gasteiger partial charge in [-0.2, -0.15) is 0 Å². The van der Waals surface area contributed by atoms with Crippen LogP contribution in [0.4, 0.5) is 0 Å². The predicted octanol–water partition coefficient (Wildman–Crippen LogP) is 3.25. The molecule has 3 heterocycles. The number of hydrogen-bond acceptors (Lipinski definition) is 6. The van der Waals surface area contributed by atoms with E-state index in [1.165, 1.54) is 0 Å². The van der Waals surface area contributed by atoms with Crippen LogP contribution in [0.15, 0.2) is 28.9 Å². The zero-order valence-electron chi connectivity index (χ0n) is 19.3. The molecule has 0 radical (unpaired) electrons. The number of esters is 1. The van der Waals surface area contributed by atoms with E-state index in [2.05, 4.69) is 0 Å². The second-order valence-corrected chi connectivity index (χ2v) is 11.4. The molecule has 180 valence electrons. The van der Waals surface area contributed by atoms with Gasteiger partial charge in [0.05, 0.1) is 29.9 Å². The van der Waals surface area contributed by atoms with Crippen molar-refractivity contribution < 1.29 is 27.2 Å². The number of ether oxygens (including phenoxy) is 1. The standard InChI is InChI=1S/C24H32N2O6S/c1-17-13-22(18(2)25(17)14-21-9-6-11-31-21)24(28)32-15-23(27)26(19-7-4-3-5-8-19)20-10-12-33(29,30)16-20/h6,9,11,13,19-20H,3-5,7-8,10,12,14-16H2,1-2H3/t20-/m0/s1. The lowest BCUT2D eigenvalue weighted by atomic mass is 9.93. The quantitative estimate of drug-likeness (QED) is 0.569. The van der Waals surface area contributed by atoms with Crippen LogP contribution in [-0.2, 0) is 25.9 Å². The SMILES string of the molecule is Cc1cc(C(=O)OCC(=O)N(C2CCCCC2)[C@H]2CCS(=O)(=O)C2)c(C)n1Cc1ccco1. The highest BCUT2D eigenvalue weighted by atomic mass is 32.2. The first-order valence-electron chi connectivity index (χ1n) is 11.6. The summed E-state index contributed by atoms with van der Waals surface area (Å²) in [6.07, 6.45) is 6.97. The third-order valence-electron chi connectivity index (χ3n) is 6.87. The summed E-state index contributed by atoms with van der Waals surface area (Å²) in [5.41, 5.74) is 2.05. The van der Waals surface area contributed by atoms with E-state index in [1.807, 2.05) is 30.5 Å². The van der Waals surface area contributed by atoms with Crippen LogP contribution >= 0.6 is 0 Å². The molecular formula is C24H32N2O6S. The van der Waals surface area contributed by atoms with Crippen molar-refractivity contribution in [2.75, 3.05) is 18.1 Å². The van der Waals surface area contributed by atoms with Gasteiger partial charge in [-0.05, 0) is 51.3 Å². The number of carbonyl (C=O) groups excluding carboxylic acids is 2. The van der Waals surface area contributed by atoms with E-state index in [-0.39, 0.29) is 36.1 Å². The highest BCUT2D eigenvalue weighted by Gasteiger charge is 2.38. The number of carbonyl (C=O) groups is 2. The Kier molecular flexibility index (Phi) is 6.97. The first kappa shape index (κ1) is 23.6. The molecule has 0 aromatic carbocycles. The number of sulfone groups is 1. The smallest absolute Gasteiger partial charge is 0.340 e. The molecule has 9 heteroatoms. The van der Waals surface area contributed by atoms with Gasteiger partial charge in [-0.1, -0.05) is 19.3 Å². The molecule has 2 aliphatic rings. The minimum atomic E-state index is -3.13. The fourth-order valence-electron chi connectivity index (χ4n) is 5.15. The number of furan rings is 1. The van der Waals surface area contributed by atoms with E-state index in [1.54, 1.807) is 17.2 Å². The average Bonchev–Trinajstić information content (AvgIpc) is 3.49. The molecule has 0 N–H and O–H groups in total. The Morgan fingerprint density at radius 1 is 1.15 bits per heavy atom. The Morgan fingerprint density at radius 2 is 1.91 bits per heavy atom. The van der Waals surface area contributed by atoms with Crippen LogP contribution in [0, 0.1) is 13.8 Å². The molecule has 1 atom stereocenters. The second-order valence-electron chi connectivity index (χ2n) is 9.18. The van der Waals surface area contributed by atoms with Gasteiger partial charge in [0.25, 0.3) is 5.91 Å². The van der Waals surface area contributed by atoms with Crippen LogP contribution in [0.3, 0.4) is 0 Å².